The molecule has 2 atom stereocenters. The van der Waals surface area contributed by atoms with Crippen LogP contribution in [0.2, 0.25) is 0 Å². The molecule has 0 aliphatic carbocycles. The number of carbonyl (C=O) groups excluding carboxylic acids is 1. The third-order valence-electron chi connectivity index (χ3n) is 1.49. The predicted octanol–water partition coefficient (Wildman–Crippen LogP) is 1.86. The van der Waals surface area contributed by atoms with E-state index in [1.165, 1.54) is 0 Å². The topological polar surface area (TPSA) is 17.1 Å². The van der Waals surface area contributed by atoms with E-state index in [0.717, 1.165) is 12.8 Å². The van der Waals surface area contributed by atoms with E-state index in [1.807, 2.05) is 11.8 Å². The van der Waals surface area contributed by atoms with Gasteiger partial charge in [0.25, 0.3) is 0 Å². The molecule has 1 saturated heterocycles. The average Bonchev–Trinajstić information content (AvgIpc) is 1.59. The first kappa shape index (κ1) is 7.13. The van der Waals surface area contributed by atoms with E-state index in [0.29, 0.717) is 16.3 Å². The van der Waals surface area contributed by atoms with Crippen molar-refractivity contribution in [2.24, 2.45) is 0 Å². The van der Waals surface area contributed by atoms with Gasteiger partial charge in [0.05, 0.1) is 0 Å². The summed E-state index contributed by atoms with van der Waals surface area (Å²) in [7, 11) is 0. The SMILES string of the molecule is C[C@@H]1CC(=O)C[C@H](C)S1. The summed E-state index contributed by atoms with van der Waals surface area (Å²) in [5.74, 6) is 0.439. The Bertz CT molecular complexity index is 110. The molecular weight excluding hydrogens is 132 g/mol. The van der Waals surface area contributed by atoms with Crippen LogP contribution in [0.15, 0.2) is 0 Å². The molecule has 0 amide bonds. The van der Waals surface area contributed by atoms with Crippen LogP contribution in [-0.4, -0.2) is 16.3 Å². The molecule has 0 unspecified atom stereocenters. The van der Waals surface area contributed by atoms with E-state index in [2.05, 4.69) is 13.8 Å². The molecule has 0 radical (unpaired) electrons. The summed E-state index contributed by atoms with van der Waals surface area (Å²) >= 11 is 1.92. The summed E-state index contributed by atoms with van der Waals surface area (Å²) in [5, 5.41) is 1.11. The molecular formula is C7H12OS. The van der Waals surface area contributed by atoms with Crippen molar-refractivity contribution < 1.29 is 4.79 Å². The molecule has 1 fully saturated rings. The van der Waals surface area contributed by atoms with Gasteiger partial charge in [-0.1, -0.05) is 13.8 Å². The van der Waals surface area contributed by atoms with Crippen molar-refractivity contribution in [3.8, 4) is 0 Å². The van der Waals surface area contributed by atoms with Gasteiger partial charge in [0, 0.05) is 23.3 Å². The van der Waals surface area contributed by atoms with Crippen LogP contribution in [0.5, 0.6) is 0 Å². The van der Waals surface area contributed by atoms with Crippen LogP contribution in [-0.2, 0) is 4.79 Å². The lowest BCUT2D eigenvalue weighted by atomic mass is 10.1. The molecule has 1 aliphatic rings. The van der Waals surface area contributed by atoms with E-state index >= 15 is 0 Å². The van der Waals surface area contributed by atoms with Gasteiger partial charge in [-0.2, -0.15) is 11.8 Å². The van der Waals surface area contributed by atoms with Gasteiger partial charge in [-0.3, -0.25) is 4.79 Å². The van der Waals surface area contributed by atoms with Gasteiger partial charge >= 0.3 is 0 Å². The summed E-state index contributed by atoms with van der Waals surface area (Å²) < 4.78 is 0. The number of hydrogen-bond donors (Lipinski definition) is 0. The highest BCUT2D eigenvalue weighted by Crippen LogP contribution is 2.28. The number of Topliss-reactive ketones (excluding diaryl/α,β-unsaturated/α-hetero) is 1. The molecule has 1 nitrogen and oxygen atoms in total. The minimum Gasteiger partial charge on any atom is -0.300 e. The zero-order valence-corrected chi connectivity index (χ0v) is 6.70. The molecule has 0 aromatic rings. The highest BCUT2D eigenvalue weighted by atomic mass is 32.2. The van der Waals surface area contributed by atoms with E-state index in [9.17, 15) is 4.79 Å². The van der Waals surface area contributed by atoms with Gasteiger partial charge in [0.15, 0.2) is 0 Å². The van der Waals surface area contributed by atoms with E-state index in [4.69, 9.17) is 0 Å². The number of rotatable bonds is 0. The summed E-state index contributed by atoms with van der Waals surface area (Å²) in [5.41, 5.74) is 0. The molecule has 0 saturated carbocycles. The Balaban J connectivity index is 2.43. The molecule has 1 aliphatic heterocycles. The lowest BCUT2D eigenvalue weighted by Crippen LogP contribution is -2.20. The zero-order chi connectivity index (χ0) is 6.85. The van der Waals surface area contributed by atoms with Crippen LogP contribution in [0.25, 0.3) is 0 Å². The fourth-order valence-corrected chi connectivity index (χ4v) is 2.57. The van der Waals surface area contributed by atoms with Crippen molar-refractivity contribution in [1.82, 2.24) is 0 Å². The summed E-state index contributed by atoms with van der Waals surface area (Å²) in [6.45, 7) is 4.25. The van der Waals surface area contributed by atoms with Gasteiger partial charge in [0.2, 0.25) is 0 Å². The van der Waals surface area contributed by atoms with Gasteiger partial charge in [-0.15, -0.1) is 0 Å². The van der Waals surface area contributed by atoms with Gasteiger partial charge in [0.1, 0.15) is 5.78 Å². The monoisotopic (exact) mass is 144 g/mol. The van der Waals surface area contributed by atoms with Gasteiger partial charge in [-0.25, -0.2) is 0 Å². The molecule has 0 aromatic carbocycles. The average molecular weight is 144 g/mol. The van der Waals surface area contributed by atoms with Crippen molar-refractivity contribution in [3.05, 3.63) is 0 Å². The molecule has 2 heteroatoms. The second kappa shape index (κ2) is 2.74. The second-order valence-electron chi connectivity index (χ2n) is 2.70. The maximum atomic E-state index is 10.9. The first-order valence-electron chi connectivity index (χ1n) is 3.35. The summed E-state index contributed by atoms with van der Waals surface area (Å²) in [4.78, 5) is 10.9. The van der Waals surface area contributed by atoms with Crippen LogP contribution in [0, 0.1) is 0 Å². The predicted molar refractivity (Wildman–Crippen MR) is 40.8 cm³/mol. The first-order chi connectivity index (χ1) is 4.18. The quantitative estimate of drug-likeness (QED) is 0.516. The Kier molecular flexibility index (Phi) is 2.17. The van der Waals surface area contributed by atoms with Crippen LogP contribution >= 0.6 is 11.8 Å². The first-order valence-corrected chi connectivity index (χ1v) is 4.30. The Morgan fingerprint density at radius 2 is 1.78 bits per heavy atom. The molecule has 52 valence electrons. The van der Waals surface area contributed by atoms with Crippen molar-refractivity contribution in [1.29, 1.82) is 0 Å². The Morgan fingerprint density at radius 3 is 2.11 bits per heavy atom. The van der Waals surface area contributed by atoms with E-state index < -0.39 is 0 Å². The van der Waals surface area contributed by atoms with Gasteiger partial charge < -0.3 is 0 Å². The van der Waals surface area contributed by atoms with Crippen LogP contribution in [0.1, 0.15) is 26.7 Å². The third-order valence-corrected chi connectivity index (χ3v) is 2.76. The smallest absolute Gasteiger partial charge is 0.135 e. The van der Waals surface area contributed by atoms with E-state index in [1.54, 1.807) is 0 Å². The standard InChI is InChI=1S/C7H12OS/c1-5-3-7(8)4-6(2)9-5/h5-6H,3-4H2,1-2H3/t5-,6+. The second-order valence-corrected chi connectivity index (χ2v) is 4.59. The van der Waals surface area contributed by atoms with Crippen LogP contribution in [0.4, 0.5) is 0 Å². The molecule has 1 rings (SSSR count). The van der Waals surface area contributed by atoms with Crippen molar-refractivity contribution in [2.75, 3.05) is 0 Å². The maximum absolute atomic E-state index is 10.9. The number of carbonyl (C=O) groups is 1. The molecule has 0 N–H and O–H groups in total. The van der Waals surface area contributed by atoms with E-state index in [-0.39, 0.29) is 0 Å². The number of thioether (sulfide) groups is 1. The van der Waals surface area contributed by atoms with Crippen molar-refractivity contribution in [2.45, 2.75) is 37.2 Å². The highest BCUT2D eigenvalue weighted by Gasteiger charge is 2.21. The Morgan fingerprint density at radius 1 is 1.33 bits per heavy atom. The summed E-state index contributed by atoms with van der Waals surface area (Å²) in [6, 6.07) is 0. The van der Waals surface area contributed by atoms with Crippen LogP contribution in [0.3, 0.4) is 0 Å². The lowest BCUT2D eigenvalue weighted by molar-refractivity contribution is -0.119. The lowest BCUT2D eigenvalue weighted by Gasteiger charge is -2.21. The summed E-state index contributed by atoms with van der Waals surface area (Å²) in [6.07, 6.45) is 1.57. The highest BCUT2D eigenvalue weighted by molar-refractivity contribution is 8.00. The fourth-order valence-electron chi connectivity index (χ4n) is 1.22. The van der Waals surface area contributed by atoms with Crippen molar-refractivity contribution >= 4 is 17.5 Å². The number of ketones is 1. The maximum Gasteiger partial charge on any atom is 0.135 e. The molecule has 0 spiro atoms. The third kappa shape index (κ3) is 2.01. The fraction of sp³-hybridized carbons (Fsp3) is 0.857. The van der Waals surface area contributed by atoms with Crippen molar-refractivity contribution in [3.63, 3.8) is 0 Å². The Hall–Kier alpha value is 0.0200. The van der Waals surface area contributed by atoms with Crippen LogP contribution < -0.4 is 0 Å². The molecule has 9 heavy (non-hydrogen) atoms. The zero-order valence-electron chi connectivity index (χ0n) is 5.89. The Labute approximate surface area is 60.2 Å². The molecule has 1 heterocycles. The molecule has 0 aromatic heterocycles. The largest absolute Gasteiger partial charge is 0.300 e. The normalized spacial score (nSPS) is 36.9. The molecule has 0 bridgehead atoms. The minimum absolute atomic E-state index is 0.439. The minimum atomic E-state index is 0.439. The number of hydrogen-bond acceptors (Lipinski definition) is 2. The van der Waals surface area contributed by atoms with Gasteiger partial charge in [-0.05, 0) is 0 Å².